The van der Waals surface area contributed by atoms with E-state index in [0.29, 0.717) is 0 Å². The second-order valence-electron chi connectivity index (χ2n) is 5.35. The van der Waals surface area contributed by atoms with Crippen molar-refractivity contribution < 1.29 is 4.42 Å². The first-order chi connectivity index (χ1) is 10.1. The molecule has 0 bridgehead atoms. The standard InChI is InChI=1S/C16H20N4O/c1-5-16-18-14-8-12(6-7-15(14)21-16)17-10(2)13-9-20(4)19-11(13)3/h6-10,17H,5H2,1-4H3. The summed E-state index contributed by atoms with van der Waals surface area (Å²) in [6.07, 6.45) is 2.86. The van der Waals surface area contributed by atoms with Crippen LogP contribution in [-0.2, 0) is 13.5 Å². The van der Waals surface area contributed by atoms with Crippen LogP contribution in [0.25, 0.3) is 11.1 Å². The predicted octanol–water partition coefficient (Wildman–Crippen LogP) is 3.61. The average Bonchev–Trinajstić information content (AvgIpc) is 3.00. The molecule has 1 aromatic carbocycles. The second kappa shape index (κ2) is 5.24. The van der Waals surface area contributed by atoms with Gasteiger partial charge in [-0.3, -0.25) is 4.68 Å². The summed E-state index contributed by atoms with van der Waals surface area (Å²) in [6, 6.07) is 6.20. The lowest BCUT2D eigenvalue weighted by Crippen LogP contribution is -2.06. The number of nitrogens with zero attached hydrogens (tertiary/aromatic N) is 3. The van der Waals surface area contributed by atoms with E-state index < -0.39 is 0 Å². The van der Waals surface area contributed by atoms with Gasteiger partial charge in [0.2, 0.25) is 0 Å². The van der Waals surface area contributed by atoms with Crippen molar-refractivity contribution in [1.82, 2.24) is 14.8 Å². The normalized spacial score (nSPS) is 12.8. The zero-order valence-corrected chi connectivity index (χ0v) is 12.8. The Labute approximate surface area is 124 Å². The van der Waals surface area contributed by atoms with Gasteiger partial charge in [-0.2, -0.15) is 5.10 Å². The van der Waals surface area contributed by atoms with Crippen LogP contribution in [0.1, 0.15) is 37.0 Å². The van der Waals surface area contributed by atoms with E-state index in [1.165, 1.54) is 5.56 Å². The molecule has 0 saturated heterocycles. The van der Waals surface area contributed by atoms with Crippen LogP contribution in [0.4, 0.5) is 5.69 Å². The second-order valence-corrected chi connectivity index (χ2v) is 5.35. The van der Waals surface area contributed by atoms with Crippen LogP contribution in [0, 0.1) is 6.92 Å². The van der Waals surface area contributed by atoms with Crippen LogP contribution >= 0.6 is 0 Å². The van der Waals surface area contributed by atoms with E-state index in [1.54, 1.807) is 0 Å². The zero-order valence-electron chi connectivity index (χ0n) is 12.8. The van der Waals surface area contributed by atoms with Crippen molar-refractivity contribution in [2.24, 2.45) is 7.05 Å². The molecule has 0 aliphatic carbocycles. The number of aromatic nitrogens is 3. The van der Waals surface area contributed by atoms with Gasteiger partial charge in [0.15, 0.2) is 11.5 Å². The van der Waals surface area contributed by atoms with Crippen molar-refractivity contribution in [2.75, 3.05) is 5.32 Å². The summed E-state index contributed by atoms with van der Waals surface area (Å²) in [4.78, 5) is 4.47. The molecule has 1 N–H and O–H groups in total. The monoisotopic (exact) mass is 284 g/mol. The Balaban J connectivity index is 1.85. The Morgan fingerprint density at radius 2 is 2.19 bits per heavy atom. The molecule has 0 aliphatic rings. The SMILES string of the molecule is CCc1nc2cc(NC(C)c3cn(C)nc3C)ccc2o1. The summed E-state index contributed by atoms with van der Waals surface area (Å²) in [5.74, 6) is 0.776. The topological polar surface area (TPSA) is 55.9 Å². The summed E-state index contributed by atoms with van der Waals surface area (Å²) >= 11 is 0. The fourth-order valence-corrected chi connectivity index (χ4v) is 2.59. The van der Waals surface area contributed by atoms with E-state index in [9.17, 15) is 0 Å². The fourth-order valence-electron chi connectivity index (χ4n) is 2.59. The molecule has 0 radical (unpaired) electrons. The molecule has 0 spiro atoms. The molecule has 1 atom stereocenters. The van der Waals surface area contributed by atoms with Crippen LogP contribution < -0.4 is 5.32 Å². The van der Waals surface area contributed by atoms with Crippen molar-refractivity contribution in [1.29, 1.82) is 0 Å². The molecule has 5 nitrogen and oxygen atoms in total. The van der Waals surface area contributed by atoms with Crippen LogP contribution in [0.5, 0.6) is 0 Å². The first-order valence-corrected chi connectivity index (χ1v) is 7.23. The third kappa shape index (κ3) is 2.63. The Bertz CT molecular complexity index is 772. The molecule has 1 unspecified atom stereocenters. The molecule has 5 heteroatoms. The molecule has 3 aromatic rings. The molecule has 21 heavy (non-hydrogen) atoms. The zero-order chi connectivity index (χ0) is 15.0. The number of anilines is 1. The largest absolute Gasteiger partial charge is 0.441 e. The molecular weight excluding hydrogens is 264 g/mol. The molecule has 3 rings (SSSR count). The average molecular weight is 284 g/mol. The van der Waals surface area contributed by atoms with Gasteiger partial charge in [0.1, 0.15) is 5.52 Å². The smallest absolute Gasteiger partial charge is 0.195 e. The maximum absolute atomic E-state index is 5.63. The Hall–Kier alpha value is -2.30. The molecule has 0 fully saturated rings. The van der Waals surface area contributed by atoms with E-state index in [1.807, 2.05) is 43.8 Å². The van der Waals surface area contributed by atoms with Crippen molar-refractivity contribution >= 4 is 16.8 Å². The molecule has 2 heterocycles. The van der Waals surface area contributed by atoms with Gasteiger partial charge in [-0.15, -0.1) is 0 Å². The molecule has 2 aromatic heterocycles. The Morgan fingerprint density at radius 1 is 1.38 bits per heavy atom. The minimum Gasteiger partial charge on any atom is -0.441 e. The van der Waals surface area contributed by atoms with Crippen molar-refractivity contribution in [2.45, 2.75) is 33.2 Å². The fraction of sp³-hybridized carbons (Fsp3) is 0.375. The van der Waals surface area contributed by atoms with Crippen molar-refractivity contribution in [3.05, 3.63) is 41.5 Å². The Kier molecular flexibility index (Phi) is 3.41. The number of nitrogens with one attached hydrogen (secondary N) is 1. The maximum atomic E-state index is 5.63. The van der Waals surface area contributed by atoms with E-state index in [2.05, 4.69) is 28.5 Å². The van der Waals surface area contributed by atoms with Gasteiger partial charge in [-0.05, 0) is 32.0 Å². The number of aryl methyl sites for hydroxylation is 3. The van der Waals surface area contributed by atoms with E-state index in [4.69, 9.17) is 4.42 Å². The van der Waals surface area contributed by atoms with Crippen molar-refractivity contribution in [3.63, 3.8) is 0 Å². The van der Waals surface area contributed by atoms with E-state index in [0.717, 1.165) is 34.8 Å². The lowest BCUT2D eigenvalue weighted by atomic mass is 10.1. The van der Waals surface area contributed by atoms with Crippen molar-refractivity contribution in [3.8, 4) is 0 Å². The third-order valence-electron chi connectivity index (χ3n) is 3.64. The lowest BCUT2D eigenvalue weighted by molar-refractivity contribution is 0.538. The minimum absolute atomic E-state index is 0.189. The summed E-state index contributed by atoms with van der Waals surface area (Å²) in [5, 5.41) is 7.88. The number of hydrogen-bond acceptors (Lipinski definition) is 4. The van der Waals surface area contributed by atoms with E-state index in [-0.39, 0.29) is 6.04 Å². The highest BCUT2D eigenvalue weighted by molar-refractivity contribution is 5.77. The number of oxazole rings is 1. The van der Waals surface area contributed by atoms with E-state index >= 15 is 0 Å². The highest BCUT2D eigenvalue weighted by Gasteiger charge is 2.12. The summed E-state index contributed by atoms with van der Waals surface area (Å²) < 4.78 is 7.48. The summed E-state index contributed by atoms with van der Waals surface area (Å²) in [6.45, 7) is 6.20. The summed E-state index contributed by atoms with van der Waals surface area (Å²) in [5.41, 5.74) is 5.02. The van der Waals surface area contributed by atoms with Gasteiger partial charge in [0.25, 0.3) is 0 Å². The quantitative estimate of drug-likeness (QED) is 0.795. The van der Waals surface area contributed by atoms with Crippen LogP contribution in [0.15, 0.2) is 28.8 Å². The Morgan fingerprint density at radius 3 is 2.86 bits per heavy atom. The van der Waals surface area contributed by atoms with Gasteiger partial charge < -0.3 is 9.73 Å². The third-order valence-corrected chi connectivity index (χ3v) is 3.64. The molecular formula is C16H20N4O. The summed E-state index contributed by atoms with van der Waals surface area (Å²) in [7, 11) is 1.94. The lowest BCUT2D eigenvalue weighted by Gasteiger charge is -2.14. The van der Waals surface area contributed by atoms with Gasteiger partial charge >= 0.3 is 0 Å². The first-order valence-electron chi connectivity index (χ1n) is 7.23. The van der Waals surface area contributed by atoms with Gasteiger partial charge in [0.05, 0.1) is 11.7 Å². The highest BCUT2D eigenvalue weighted by Crippen LogP contribution is 2.25. The number of rotatable bonds is 4. The highest BCUT2D eigenvalue weighted by atomic mass is 16.3. The van der Waals surface area contributed by atoms with Crippen LogP contribution in [-0.4, -0.2) is 14.8 Å². The van der Waals surface area contributed by atoms with Gasteiger partial charge in [-0.1, -0.05) is 6.92 Å². The predicted molar refractivity (Wildman–Crippen MR) is 83.4 cm³/mol. The van der Waals surface area contributed by atoms with Crippen LogP contribution in [0.2, 0.25) is 0 Å². The van der Waals surface area contributed by atoms with Gasteiger partial charge in [0, 0.05) is 30.9 Å². The number of hydrogen-bond donors (Lipinski definition) is 1. The molecule has 110 valence electrons. The molecule has 0 amide bonds. The molecule has 0 aliphatic heterocycles. The first kappa shape index (κ1) is 13.7. The molecule has 0 saturated carbocycles. The maximum Gasteiger partial charge on any atom is 0.195 e. The minimum atomic E-state index is 0.189. The van der Waals surface area contributed by atoms with Gasteiger partial charge in [-0.25, -0.2) is 4.98 Å². The van der Waals surface area contributed by atoms with Crippen LogP contribution in [0.3, 0.4) is 0 Å². The number of benzene rings is 1. The number of fused-ring (bicyclic) bond motifs is 1.